The maximum atomic E-state index is 5.97. The van der Waals surface area contributed by atoms with Gasteiger partial charge in [0.1, 0.15) is 22.6 Å². The molecular weight excluding hydrogens is 200 g/mol. The molecule has 0 aliphatic rings. The molecule has 0 saturated carbocycles. The molecule has 0 aliphatic carbocycles. The van der Waals surface area contributed by atoms with Crippen LogP contribution in [-0.4, -0.2) is 19.9 Å². The Bertz CT molecular complexity index is 616. The van der Waals surface area contributed by atoms with E-state index in [1.54, 1.807) is 6.20 Å². The highest BCUT2D eigenvalue weighted by Gasteiger charge is 2.09. The van der Waals surface area contributed by atoms with Crippen molar-refractivity contribution in [1.29, 1.82) is 0 Å². The SMILES string of the molecule is Clc1ncnc2[nH]c3cccnc3c12. The molecule has 3 rings (SSSR count). The molecule has 0 bridgehead atoms. The van der Waals surface area contributed by atoms with Crippen LogP contribution in [0.1, 0.15) is 0 Å². The van der Waals surface area contributed by atoms with E-state index in [4.69, 9.17) is 11.6 Å². The molecule has 3 aromatic heterocycles. The third-order valence-electron chi connectivity index (χ3n) is 2.10. The topological polar surface area (TPSA) is 54.5 Å². The Labute approximate surface area is 84.0 Å². The van der Waals surface area contributed by atoms with E-state index >= 15 is 0 Å². The summed E-state index contributed by atoms with van der Waals surface area (Å²) >= 11 is 5.97. The molecular formula is C9H5ClN4. The number of rotatable bonds is 0. The van der Waals surface area contributed by atoms with Crippen molar-refractivity contribution in [3.8, 4) is 0 Å². The van der Waals surface area contributed by atoms with Crippen molar-refractivity contribution < 1.29 is 0 Å². The van der Waals surface area contributed by atoms with Crippen molar-refractivity contribution in [2.75, 3.05) is 0 Å². The van der Waals surface area contributed by atoms with Gasteiger partial charge in [-0.15, -0.1) is 0 Å². The predicted molar refractivity (Wildman–Crippen MR) is 54.2 cm³/mol. The van der Waals surface area contributed by atoms with Gasteiger partial charge < -0.3 is 4.98 Å². The van der Waals surface area contributed by atoms with Crippen LogP contribution >= 0.6 is 11.6 Å². The minimum Gasteiger partial charge on any atom is -0.338 e. The van der Waals surface area contributed by atoms with E-state index in [1.165, 1.54) is 6.33 Å². The fourth-order valence-electron chi connectivity index (χ4n) is 1.50. The first-order valence-corrected chi connectivity index (χ1v) is 4.47. The number of halogens is 1. The van der Waals surface area contributed by atoms with Crippen molar-refractivity contribution >= 4 is 33.7 Å². The molecule has 0 spiro atoms. The van der Waals surface area contributed by atoms with Crippen LogP contribution in [0.2, 0.25) is 5.15 Å². The maximum Gasteiger partial charge on any atom is 0.144 e. The minimum atomic E-state index is 0.431. The average Bonchev–Trinajstić information content (AvgIpc) is 2.57. The molecule has 0 aliphatic heterocycles. The van der Waals surface area contributed by atoms with E-state index in [2.05, 4.69) is 19.9 Å². The van der Waals surface area contributed by atoms with Crippen LogP contribution in [0, 0.1) is 0 Å². The van der Waals surface area contributed by atoms with Crippen LogP contribution in [0.4, 0.5) is 0 Å². The number of nitrogens with zero attached hydrogens (tertiary/aromatic N) is 3. The van der Waals surface area contributed by atoms with Gasteiger partial charge in [-0.05, 0) is 12.1 Å². The summed E-state index contributed by atoms with van der Waals surface area (Å²) in [5, 5.41) is 1.21. The number of aromatic nitrogens is 4. The Hall–Kier alpha value is -1.68. The van der Waals surface area contributed by atoms with Gasteiger partial charge in [-0.3, -0.25) is 4.98 Å². The largest absolute Gasteiger partial charge is 0.338 e. The first-order chi connectivity index (χ1) is 6.86. The highest BCUT2D eigenvalue weighted by molar-refractivity contribution is 6.36. The lowest BCUT2D eigenvalue weighted by molar-refractivity contribution is 1.20. The standard InChI is InChI=1S/C9H5ClN4/c10-8-6-7-5(2-1-3-11-7)14-9(6)13-4-12-8/h1-4H,(H,12,13,14). The predicted octanol–water partition coefficient (Wildman–Crippen LogP) is 2.16. The minimum absolute atomic E-state index is 0.431. The van der Waals surface area contributed by atoms with Crippen molar-refractivity contribution in [2.24, 2.45) is 0 Å². The van der Waals surface area contributed by atoms with Crippen LogP contribution in [0.25, 0.3) is 22.1 Å². The van der Waals surface area contributed by atoms with E-state index in [0.717, 1.165) is 22.1 Å². The number of aromatic amines is 1. The Balaban J connectivity index is 2.65. The highest BCUT2D eigenvalue weighted by Crippen LogP contribution is 2.26. The number of fused-ring (bicyclic) bond motifs is 3. The number of nitrogens with one attached hydrogen (secondary N) is 1. The van der Waals surface area contributed by atoms with Gasteiger partial charge in [0.25, 0.3) is 0 Å². The Morgan fingerprint density at radius 1 is 1.21 bits per heavy atom. The molecule has 0 saturated heterocycles. The van der Waals surface area contributed by atoms with Crippen molar-refractivity contribution in [1.82, 2.24) is 19.9 Å². The first-order valence-electron chi connectivity index (χ1n) is 4.09. The zero-order valence-electron chi connectivity index (χ0n) is 7.03. The van der Waals surface area contributed by atoms with Gasteiger partial charge in [-0.2, -0.15) is 0 Å². The quantitative estimate of drug-likeness (QED) is 0.571. The van der Waals surface area contributed by atoms with Crippen molar-refractivity contribution in [3.05, 3.63) is 29.8 Å². The molecule has 0 fully saturated rings. The van der Waals surface area contributed by atoms with Crippen LogP contribution < -0.4 is 0 Å². The fourth-order valence-corrected chi connectivity index (χ4v) is 1.72. The molecule has 68 valence electrons. The van der Waals surface area contributed by atoms with Gasteiger partial charge >= 0.3 is 0 Å². The molecule has 1 N–H and O–H groups in total. The first kappa shape index (κ1) is 7.70. The van der Waals surface area contributed by atoms with Crippen LogP contribution in [0.3, 0.4) is 0 Å². The molecule has 0 amide bonds. The molecule has 0 aromatic carbocycles. The molecule has 4 nitrogen and oxygen atoms in total. The lowest BCUT2D eigenvalue weighted by atomic mass is 10.3. The molecule has 14 heavy (non-hydrogen) atoms. The number of H-pyrrole nitrogens is 1. The molecule has 3 heterocycles. The number of pyridine rings is 1. The normalized spacial score (nSPS) is 11.2. The third-order valence-corrected chi connectivity index (χ3v) is 2.39. The monoisotopic (exact) mass is 204 g/mol. The second-order valence-corrected chi connectivity index (χ2v) is 3.27. The summed E-state index contributed by atoms with van der Waals surface area (Å²) in [4.78, 5) is 15.4. The lowest BCUT2D eigenvalue weighted by Gasteiger charge is -1.90. The van der Waals surface area contributed by atoms with E-state index in [0.29, 0.717) is 5.15 Å². The summed E-state index contributed by atoms with van der Waals surface area (Å²) in [6, 6.07) is 3.79. The zero-order valence-corrected chi connectivity index (χ0v) is 7.78. The average molecular weight is 205 g/mol. The number of hydrogen-bond donors (Lipinski definition) is 1. The zero-order chi connectivity index (χ0) is 9.54. The molecule has 3 aromatic rings. The van der Waals surface area contributed by atoms with Crippen LogP contribution in [-0.2, 0) is 0 Å². The van der Waals surface area contributed by atoms with Crippen molar-refractivity contribution in [3.63, 3.8) is 0 Å². The molecule has 5 heteroatoms. The molecule has 0 radical (unpaired) electrons. The van der Waals surface area contributed by atoms with E-state index in [-0.39, 0.29) is 0 Å². The van der Waals surface area contributed by atoms with Crippen LogP contribution in [0.5, 0.6) is 0 Å². The molecule has 0 unspecified atom stereocenters. The number of hydrogen-bond acceptors (Lipinski definition) is 3. The highest BCUT2D eigenvalue weighted by atomic mass is 35.5. The summed E-state index contributed by atoms with van der Waals surface area (Å²) < 4.78 is 0. The Morgan fingerprint density at radius 3 is 3.07 bits per heavy atom. The second kappa shape index (κ2) is 2.65. The summed E-state index contributed by atoms with van der Waals surface area (Å²) in [5.74, 6) is 0. The maximum absolute atomic E-state index is 5.97. The van der Waals surface area contributed by atoms with E-state index < -0.39 is 0 Å². The summed E-state index contributed by atoms with van der Waals surface area (Å²) in [7, 11) is 0. The van der Waals surface area contributed by atoms with Crippen LogP contribution in [0.15, 0.2) is 24.7 Å². The third kappa shape index (κ3) is 0.914. The van der Waals surface area contributed by atoms with Gasteiger partial charge in [0, 0.05) is 6.20 Å². The molecule has 0 atom stereocenters. The fraction of sp³-hybridized carbons (Fsp3) is 0. The van der Waals surface area contributed by atoms with Gasteiger partial charge in [0.05, 0.1) is 10.9 Å². The summed E-state index contributed by atoms with van der Waals surface area (Å²) in [6.07, 6.45) is 3.15. The lowest BCUT2D eigenvalue weighted by Crippen LogP contribution is -1.80. The second-order valence-electron chi connectivity index (χ2n) is 2.91. The van der Waals surface area contributed by atoms with Gasteiger partial charge in [0.15, 0.2) is 0 Å². The summed E-state index contributed by atoms with van der Waals surface area (Å²) in [5.41, 5.74) is 2.46. The smallest absolute Gasteiger partial charge is 0.144 e. The van der Waals surface area contributed by atoms with Gasteiger partial charge in [0.2, 0.25) is 0 Å². The van der Waals surface area contributed by atoms with Gasteiger partial charge in [-0.25, -0.2) is 9.97 Å². The Morgan fingerprint density at radius 2 is 2.14 bits per heavy atom. The van der Waals surface area contributed by atoms with Crippen molar-refractivity contribution in [2.45, 2.75) is 0 Å². The van der Waals surface area contributed by atoms with E-state index in [1.807, 2.05) is 12.1 Å². The van der Waals surface area contributed by atoms with E-state index in [9.17, 15) is 0 Å². The van der Waals surface area contributed by atoms with Gasteiger partial charge in [-0.1, -0.05) is 11.6 Å². The summed E-state index contributed by atoms with van der Waals surface area (Å²) in [6.45, 7) is 0. The Kier molecular flexibility index (Phi) is 1.46.